The molecule has 5 aliphatic heterocycles. The van der Waals surface area contributed by atoms with Crippen LogP contribution in [0.15, 0.2) is 96.0 Å². The third kappa shape index (κ3) is 12.1. The standard InChI is InChI=1S/C62H64N6O12/c1-36-21-50-51(63-31-48-27-42-12-6-8-14-45(42)33-67(48)62(50)76)30-53(36)78-34-39-23-40(35-79-55-28-43-17-18-47-26-41-11-5-7-13-44(41)32-66(47)61(75)49(43)29-54(55)77-4)25-46(24-39)65-60(74)37(2)22-52(69)38(3)64-56(70)15-9-10-16-59(73)80-68-57(71)19-20-58(68)72/h5-8,11-14,21,23-25,28-31,37-38,47-48H,9-10,15-20,22,26-27,32-35H2,1-4H3,(H,64,70)(H,65,74)/t37-,38+,47-,48+/m1/s1. The Morgan fingerprint density at radius 1 is 0.688 bits per heavy atom. The van der Waals surface area contributed by atoms with Crippen LogP contribution in [-0.4, -0.2) is 93.5 Å². The van der Waals surface area contributed by atoms with Crippen molar-refractivity contribution in [2.24, 2.45) is 10.9 Å². The summed E-state index contributed by atoms with van der Waals surface area (Å²) in [6.07, 6.45) is 5.00. The molecule has 0 bridgehead atoms. The SMILES string of the molecule is COc1cc2c(cc1OCc1cc(COc3cc4c(cc3C)C(=O)N3Cc5ccccc5C[C@H]3C=N4)cc(NC(=O)[C@H](C)CC(=O)[C@H](C)NC(=O)CCCCC(=O)ON3C(=O)CCC3=O)c1)CC[C@@H]1Cc3ccccc3CN1C2=O. The number of ketones is 1. The van der Waals surface area contributed by atoms with E-state index in [0.29, 0.717) is 81.9 Å². The molecule has 0 unspecified atom stereocenters. The normalized spacial score (nSPS) is 17.8. The van der Waals surface area contributed by atoms with Gasteiger partial charge < -0.3 is 39.5 Å². The van der Waals surface area contributed by atoms with E-state index >= 15 is 0 Å². The molecule has 5 aliphatic rings. The van der Waals surface area contributed by atoms with E-state index in [4.69, 9.17) is 24.0 Å². The molecular weight excluding hydrogens is 1020 g/mol. The number of methoxy groups -OCH3 is 1. The van der Waals surface area contributed by atoms with E-state index in [1.165, 1.54) is 18.2 Å². The van der Waals surface area contributed by atoms with Crippen molar-refractivity contribution in [1.29, 1.82) is 0 Å². The summed E-state index contributed by atoms with van der Waals surface area (Å²) in [5.41, 5.74) is 9.69. The Labute approximate surface area is 463 Å². The van der Waals surface area contributed by atoms with Crippen LogP contribution >= 0.6 is 0 Å². The van der Waals surface area contributed by atoms with Gasteiger partial charge in [0.2, 0.25) is 11.8 Å². The molecule has 5 aromatic rings. The van der Waals surface area contributed by atoms with Gasteiger partial charge in [-0.05, 0) is 133 Å². The van der Waals surface area contributed by atoms with Crippen LogP contribution in [0.5, 0.6) is 17.2 Å². The molecule has 5 heterocycles. The maximum atomic E-state index is 14.2. The predicted molar refractivity (Wildman–Crippen MR) is 294 cm³/mol. The van der Waals surface area contributed by atoms with Crippen molar-refractivity contribution >= 4 is 64.8 Å². The van der Waals surface area contributed by atoms with Crippen LogP contribution in [0, 0.1) is 12.8 Å². The van der Waals surface area contributed by atoms with Crippen LogP contribution in [0.1, 0.15) is 130 Å². The van der Waals surface area contributed by atoms with Crippen LogP contribution in [-0.2, 0) is 79.2 Å². The lowest BCUT2D eigenvalue weighted by Gasteiger charge is -2.35. The first-order chi connectivity index (χ1) is 38.6. The first kappa shape index (κ1) is 54.7. The number of ether oxygens (including phenoxy) is 3. The van der Waals surface area contributed by atoms with Gasteiger partial charge in [0, 0.05) is 80.7 Å². The average molecular weight is 1090 g/mol. The number of imide groups is 1. The monoisotopic (exact) mass is 1080 g/mol. The zero-order valence-electron chi connectivity index (χ0n) is 45.3. The number of fused-ring (bicyclic) bond motifs is 6. The minimum atomic E-state index is -0.903. The zero-order valence-corrected chi connectivity index (χ0v) is 45.3. The number of unbranched alkanes of at least 4 members (excludes halogenated alkanes) is 1. The maximum absolute atomic E-state index is 14.2. The van der Waals surface area contributed by atoms with Crippen LogP contribution < -0.4 is 24.8 Å². The highest BCUT2D eigenvalue weighted by atomic mass is 16.7. The summed E-state index contributed by atoms with van der Waals surface area (Å²) in [5, 5.41) is 6.13. The van der Waals surface area contributed by atoms with E-state index in [9.17, 15) is 38.4 Å². The van der Waals surface area contributed by atoms with E-state index in [2.05, 4.69) is 34.9 Å². The number of aliphatic imine (C=N–C) groups is 1. The number of rotatable bonds is 19. The van der Waals surface area contributed by atoms with Gasteiger partial charge in [-0.25, -0.2) is 4.79 Å². The van der Waals surface area contributed by atoms with Crippen LogP contribution in [0.25, 0.3) is 0 Å². The van der Waals surface area contributed by atoms with E-state index < -0.39 is 41.6 Å². The van der Waals surface area contributed by atoms with Crippen molar-refractivity contribution in [3.05, 3.63) is 147 Å². The van der Waals surface area contributed by atoms with Crippen molar-refractivity contribution < 1.29 is 57.4 Å². The fourth-order valence-corrected chi connectivity index (χ4v) is 11.1. The zero-order chi connectivity index (χ0) is 56.2. The van der Waals surface area contributed by atoms with Crippen molar-refractivity contribution in [2.75, 3.05) is 12.4 Å². The number of anilines is 1. The molecule has 18 heteroatoms. The predicted octanol–water partition coefficient (Wildman–Crippen LogP) is 8.16. The molecule has 2 N–H and O–H groups in total. The number of aryl methyl sites for hydroxylation is 2. The highest BCUT2D eigenvalue weighted by molar-refractivity contribution is 6.04. The van der Waals surface area contributed by atoms with Gasteiger partial charge in [0.05, 0.1) is 30.4 Å². The maximum Gasteiger partial charge on any atom is 0.333 e. The van der Waals surface area contributed by atoms with Crippen molar-refractivity contribution in [3.8, 4) is 17.2 Å². The van der Waals surface area contributed by atoms with Gasteiger partial charge in [0.15, 0.2) is 17.3 Å². The smallest absolute Gasteiger partial charge is 0.333 e. The second-order valence-electron chi connectivity index (χ2n) is 21.4. The van der Waals surface area contributed by atoms with E-state index in [-0.39, 0.29) is 87.8 Å². The van der Waals surface area contributed by atoms with Gasteiger partial charge in [0.1, 0.15) is 19.0 Å². The number of Topliss-reactive ketones (excluding diaryl/α,β-unsaturated/α-hetero) is 1. The van der Waals surface area contributed by atoms with E-state index in [1.54, 1.807) is 38.1 Å². The molecular formula is C62H64N6O12. The Kier molecular flexibility index (Phi) is 16.2. The molecule has 5 aromatic carbocycles. The fourth-order valence-electron chi connectivity index (χ4n) is 11.1. The quantitative estimate of drug-likeness (QED) is 0.0591. The third-order valence-corrected chi connectivity index (χ3v) is 15.6. The Hall–Kier alpha value is -8.67. The molecule has 4 atom stereocenters. The first-order valence-electron chi connectivity index (χ1n) is 27.3. The van der Waals surface area contributed by atoms with Gasteiger partial charge >= 0.3 is 5.97 Å². The summed E-state index contributed by atoms with van der Waals surface area (Å²) in [5.74, 6) is -2.69. The first-order valence-corrected chi connectivity index (χ1v) is 27.3. The van der Waals surface area contributed by atoms with Crippen LogP contribution in [0.3, 0.4) is 0 Å². The average Bonchev–Trinajstić information content (AvgIpc) is 3.64. The van der Waals surface area contributed by atoms with Crippen LogP contribution in [0.2, 0.25) is 0 Å². The van der Waals surface area contributed by atoms with E-state index in [1.807, 2.05) is 65.4 Å². The minimum absolute atomic E-state index is 0.0107. The fraction of sp³-hybridized carbons (Fsp3) is 0.371. The summed E-state index contributed by atoms with van der Waals surface area (Å²) < 4.78 is 18.8. The third-order valence-electron chi connectivity index (χ3n) is 15.6. The van der Waals surface area contributed by atoms with Gasteiger partial charge in [-0.1, -0.05) is 55.5 Å². The van der Waals surface area contributed by atoms with Crippen LogP contribution in [0.4, 0.5) is 11.4 Å². The number of nitrogens with zero attached hydrogens (tertiary/aromatic N) is 4. The van der Waals surface area contributed by atoms with Gasteiger partial charge in [-0.2, -0.15) is 0 Å². The molecule has 10 rings (SSSR count). The number of benzene rings is 5. The largest absolute Gasteiger partial charge is 0.493 e. The Balaban J connectivity index is 0.816. The summed E-state index contributed by atoms with van der Waals surface area (Å²) in [6, 6.07) is 28.1. The Morgan fingerprint density at radius 2 is 1.32 bits per heavy atom. The molecule has 414 valence electrons. The number of nitrogens with one attached hydrogen (secondary N) is 2. The molecule has 1 fully saturated rings. The summed E-state index contributed by atoms with van der Waals surface area (Å²) in [6.45, 7) is 6.18. The van der Waals surface area contributed by atoms with Crippen molar-refractivity contribution in [2.45, 2.75) is 136 Å². The number of hydrogen-bond acceptors (Lipinski definition) is 13. The number of hydroxylamine groups is 2. The lowest BCUT2D eigenvalue weighted by atomic mass is 9.92. The summed E-state index contributed by atoms with van der Waals surface area (Å²) >= 11 is 0. The number of carbonyl (C=O) groups excluding carboxylic acids is 8. The molecule has 80 heavy (non-hydrogen) atoms. The molecule has 0 saturated carbocycles. The molecule has 0 radical (unpaired) electrons. The molecule has 0 aromatic heterocycles. The minimum Gasteiger partial charge on any atom is -0.493 e. The molecule has 18 nitrogen and oxygen atoms in total. The molecule has 1 saturated heterocycles. The van der Waals surface area contributed by atoms with Crippen molar-refractivity contribution in [1.82, 2.24) is 20.2 Å². The molecule has 0 aliphatic carbocycles. The molecule has 0 spiro atoms. The lowest BCUT2D eigenvalue weighted by Crippen LogP contribution is -2.44. The van der Waals surface area contributed by atoms with Crippen molar-refractivity contribution in [3.63, 3.8) is 0 Å². The summed E-state index contributed by atoms with van der Waals surface area (Å²) in [7, 11) is 1.54. The van der Waals surface area contributed by atoms with Gasteiger partial charge in [-0.15, -0.1) is 5.06 Å². The number of carbonyl (C=O) groups is 8. The number of hydrogen-bond donors (Lipinski definition) is 2. The highest BCUT2D eigenvalue weighted by Gasteiger charge is 2.37. The second kappa shape index (κ2) is 23.7. The highest BCUT2D eigenvalue weighted by Crippen LogP contribution is 2.39. The second-order valence-corrected chi connectivity index (χ2v) is 21.4. The van der Waals surface area contributed by atoms with Gasteiger partial charge in [0.25, 0.3) is 23.6 Å². The topological polar surface area (TPSA) is 220 Å². The summed E-state index contributed by atoms with van der Waals surface area (Å²) in [4.78, 5) is 117. The van der Waals surface area contributed by atoms with Gasteiger partial charge in [-0.3, -0.25) is 38.6 Å². The van der Waals surface area contributed by atoms with E-state index in [0.717, 1.165) is 35.1 Å². The number of amides is 6. The molecule has 6 amide bonds. The Morgan fingerprint density at radius 3 is 2.02 bits per heavy atom. The lowest BCUT2D eigenvalue weighted by molar-refractivity contribution is -0.197. The Bertz CT molecular complexity index is 3340.